The molecule has 3 N–H and O–H groups in total. The van der Waals surface area contributed by atoms with Crippen molar-refractivity contribution in [2.75, 3.05) is 0 Å². The zero-order chi connectivity index (χ0) is 17.5. The lowest BCUT2D eigenvalue weighted by atomic mass is 9.67. The lowest BCUT2D eigenvalue weighted by molar-refractivity contribution is 0.0558. The predicted octanol–water partition coefficient (Wildman–Crippen LogP) is 6.23. The van der Waals surface area contributed by atoms with Gasteiger partial charge in [0.2, 0.25) is 0 Å². The summed E-state index contributed by atoms with van der Waals surface area (Å²) in [4.78, 5) is 0. The van der Waals surface area contributed by atoms with Gasteiger partial charge < -0.3 is 10.8 Å². The van der Waals surface area contributed by atoms with Crippen LogP contribution < -0.4 is 5.73 Å². The number of nitrogens with two attached hydrogens (primary N) is 1. The van der Waals surface area contributed by atoms with Crippen molar-refractivity contribution >= 4 is 12.4 Å². The average molecular weight is 386 g/mol. The molecule has 0 spiro atoms. The van der Waals surface area contributed by atoms with Crippen LogP contribution >= 0.6 is 12.4 Å². The van der Waals surface area contributed by atoms with Gasteiger partial charge in [0.1, 0.15) is 0 Å². The summed E-state index contributed by atoms with van der Waals surface area (Å²) in [6, 6.07) is 0.230. The zero-order valence-corrected chi connectivity index (χ0v) is 17.7. The monoisotopic (exact) mass is 385 g/mol. The van der Waals surface area contributed by atoms with Crippen molar-refractivity contribution in [3.05, 3.63) is 0 Å². The second-order valence-electron chi connectivity index (χ2n) is 9.65. The second kappa shape index (κ2) is 11.9. The fourth-order valence-corrected chi connectivity index (χ4v) is 6.37. The van der Waals surface area contributed by atoms with Crippen LogP contribution in [0, 0.1) is 23.7 Å². The summed E-state index contributed by atoms with van der Waals surface area (Å²) in [5.74, 6) is 3.22. The molecular weight excluding hydrogens is 342 g/mol. The Morgan fingerprint density at radius 1 is 0.615 bits per heavy atom. The fraction of sp³-hybridized carbons (Fsp3) is 1.00. The van der Waals surface area contributed by atoms with Crippen LogP contribution in [0.2, 0.25) is 0 Å². The molecule has 2 nitrogen and oxygen atoms in total. The van der Waals surface area contributed by atoms with E-state index in [1.807, 2.05) is 0 Å². The van der Waals surface area contributed by atoms with Gasteiger partial charge in [-0.1, -0.05) is 83.5 Å². The molecule has 3 aliphatic rings. The Labute approximate surface area is 168 Å². The molecule has 0 amide bonds. The molecule has 3 fully saturated rings. The van der Waals surface area contributed by atoms with E-state index in [4.69, 9.17) is 5.73 Å². The van der Waals surface area contributed by atoms with E-state index >= 15 is 0 Å². The van der Waals surface area contributed by atoms with E-state index in [-0.39, 0.29) is 24.6 Å². The average Bonchev–Trinajstić information content (AvgIpc) is 2.68. The number of aliphatic hydroxyl groups excluding tert-OH is 1. The minimum atomic E-state index is -0.161. The number of hydrogen-bond acceptors (Lipinski definition) is 2. The van der Waals surface area contributed by atoms with Gasteiger partial charge in [0.25, 0.3) is 0 Å². The van der Waals surface area contributed by atoms with Crippen LogP contribution in [0.25, 0.3) is 0 Å². The Bertz CT molecular complexity index is 341. The molecule has 3 rings (SSSR count). The van der Waals surface area contributed by atoms with Gasteiger partial charge in [0, 0.05) is 6.04 Å². The Hall–Kier alpha value is 0.210. The lowest BCUT2D eigenvalue weighted by Gasteiger charge is -2.39. The van der Waals surface area contributed by atoms with Crippen LogP contribution in [0.15, 0.2) is 0 Å². The van der Waals surface area contributed by atoms with E-state index in [0.717, 1.165) is 30.6 Å². The second-order valence-corrected chi connectivity index (χ2v) is 9.65. The third-order valence-corrected chi connectivity index (χ3v) is 7.85. The van der Waals surface area contributed by atoms with Gasteiger partial charge in [-0.2, -0.15) is 0 Å². The highest BCUT2D eigenvalue weighted by Crippen LogP contribution is 2.42. The third kappa shape index (κ3) is 6.67. The molecule has 0 saturated heterocycles. The van der Waals surface area contributed by atoms with Gasteiger partial charge in [-0.15, -0.1) is 12.4 Å². The van der Waals surface area contributed by atoms with Crippen LogP contribution in [-0.2, 0) is 0 Å². The highest BCUT2D eigenvalue weighted by Gasteiger charge is 2.33. The smallest absolute Gasteiger partial charge is 0.0558 e. The Kier molecular flexibility index (Phi) is 10.3. The number of aliphatic hydroxyl groups is 1. The Balaban J connectivity index is 0.00000243. The molecule has 3 heteroatoms. The van der Waals surface area contributed by atoms with Crippen LogP contribution in [0.5, 0.6) is 0 Å². The summed E-state index contributed by atoms with van der Waals surface area (Å²) in [5.41, 5.74) is 6.52. The first-order valence-corrected chi connectivity index (χ1v) is 11.7. The number of halogens is 1. The van der Waals surface area contributed by atoms with E-state index < -0.39 is 0 Å². The molecule has 0 heterocycles. The number of rotatable bonds is 7. The fourth-order valence-electron chi connectivity index (χ4n) is 6.37. The van der Waals surface area contributed by atoms with Gasteiger partial charge >= 0.3 is 0 Å². The van der Waals surface area contributed by atoms with Gasteiger partial charge in [0.05, 0.1) is 6.10 Å². The summed E-state index contributed by atoms with van der Waals surface area (Å²) in [7, 11) is 0. The van der Waals surface area contributed by atoms with Crippen molar-refractivity contribution in [2.24, 2.45) is 29.4 Å². The Morgan fingerprint density at radius 3 is 1.42 bits per heavy atom. The first kappa shape index (κ1) is 22.5. The van der Waals surface area contributed by atoms with E-state index in [2.05, 4.69) is 0 Å². The first-order valence-electron chi connectivity index (χ1n) is 11.7. The molecule has 0 aromatic rings. The molecule has 26 heavy (non-hydrogen) atoms. The largest absolute Gasteiger partial charge is 0.393 e. The zero-order valence-electron chi connectivity index (χ0n) is 16.9. The normalized spacial score (nSPS) is 26.4. The summed E-state index contributed by atoms with van der Waals surface area (Å²) >= 11 is 0. The van der Waals surface area contributed by atoms with Crippen molar-refractivity contribution in [2.45, 2.75) is 121 Å². The quantitative estimate of drug-likeness (QED) is 0.545. The predicted molar refractivity (Wildman–Crippen MR) is 114 cm³/mol. The molecule has 0 aromatic carbocycles. The molecule has 154 valence electrons. The van der Waals surface area contributed by atoms with Gasteiger partial charge in [0.15, 0.2) is 0 Å². The van der Waals surface area contributed by atoms with E-state index in [0.29, 0.717) is 5.92 Å². The van der Waals surface area contributed by atoms with E-state index in [9.17, 15) is 5.11 Å². The van der Waals surface area contributed by atoms with Gasteiger partial charge in [-0.3, -0.25) is 0 Å². The van der Waals surface area contributed by atoms with Crippen molar-refractivity contribution < 1.29 is 5.11 Å². The SMILES string of the molecule is Cl.NC(CC(O)CC(C1CCCCC1)C1CCCCC1)C1CCCCC1. The van der Waals surface area contributed by atoms with Crippen LogP contribution in [0.1, 0.15) is 109 Å². The Morgan fingerprint density at radius 2 is 1.00 bits per heavy atom. The molecular formula is C23H44ClNO. The van der Waals surface area contributed by atoms with Gasteiger partial charge in [-0.05, 0) is 49.4 Å². The first-order chi connectivity index (χ1) is 12.2. The molecule has 0 radical (unpaired) electrons. The lowest BCUT2D eigenvalue weighted by Crippen LogP contribution is -2.37. The van der Waals surface area contributed by atoms with Crippen molar-refractivity contribution in [3.63, 3.8) is 0 Å². The maximum atomic E-state index is 10.9. The topological polar surface area (TPSA) is 46.2 Å². The molecule has 0 aliphatic heterocycles. The summed E-state index contributed by atoms with van der Waals surface area (Å²) < 4.78 is 0. The highest BCUT2D eigenvalue weighted by molar-refractivity contribution is 5.85. The molecule has 0 aromatic heterocycles. The summed E-state index contributed by atoms with van der Waals surface area (Å²) in [6.07, 6.45) is 22.6. The molecule has 3 saturated carbocycles. The van der Waals surface area contributed by atoms with Gasteiger partial charge in [-0.25, -0.2) is 0 Å². The molecule has 2 atom stereocenters. The molecule has 2 unspecified atom stereocenters. The van der Waals surface area contributed by atoms with Crippen LogP contribution in [-0.4, -0.2) is 17.3 Å². The van der Waals surface area contributed by atoms with Crippen LogP contribution in [0.4, 0.5) is 0 Å². The minimum absolute atomic E-state index is 0. The standard InChI is InChI=1S/C23H43NO.ClH/c24-23(20-14-8-3-9-15-20)17-21(25)16-22(18-10-4-1-5-11-18)19-12-6-2-7-13-19;/h18-23,25H,1-17,24H2;1H. The minimum Gasteiger partial charge on any atom is -0.393 e. The van der Waals surface area contributed by atoms with Crippen molar-refractivity contribution in [1.29, 1.82) is 0 Å². The summed E-state index contributed by atoms with van der Waals surface area (Å²) in [5, 5.41) is 10.9. The maximum Gasteiger partial charge on any atom is 0.0558 e. The maximum absolute atomic E-state index is 10.9. The third-order valence-electron chi connectivity index (χ3n) is 7.85. The van der Waals surface area contributed by atoms with Crippen molar-refractivity contribution in [3.8, 4) is 0 Å². The summed E-state index contributed by atoms with van der Waals surface area (Å²) in [6.45, 7) is 0. The van der Waals surface area contributed by atoms with E-state index in [1.54, 1.807) is 0 Å². The van der Waals surface area contributed by atoms with Crippen molar-refractivity contribution in [1.82, 2.24) is 0 Å². The molecule has 3 aliphatic carbocycles. The molecule has 0 bridgehead atoms. The highest BCUT2D eigenvalue weighted by atomic mass is 35.5. The number of hydrogen-bond donors (Lipinski definition) is 2. The van der Waals surface area contributed by atoms with E-state index in [1.165, 1.54) is 96.3 Å². The van der Waals surface area contributed by atoms with Crippen LogP contribution in [0.3, 0.4) is 0 Å².